The highest BCUT2D eigenvalue weighted by Gasteiger charge is 2.22. The molecule has 0 saturated heterocycles. The molecule has 0 fully saturated rings. The van der Waals surface area contributed by atoms with Gasteiger partial charge in [0, 0.05) is 11.6 Å². The van der Waals surface area contributed by atoms with Gasteiger partial charge in [0.15, 0.2) is 11.5 Å². The molecule has 7 heteroatoms. The van der Waals surface area contributed by atoms with Crippen LogP contribution in [0, 0.1) is 0 Å². The first-order valence-corrected chi connectivity index (χ1v) is 8.86. The maximum absolute atomic E-state index is 12.7. The molecule has 0 N–H and O–H groups in total. The molecule has 2 aliphatic rings. The zero-order valence-corrected chi connectivity index (χ0v) is 15.0. The molecule has 0 saturated carbocycles. The average Bonchev–Trinajstić information content (AvgIpc) is 3.23. The van der Waals surface area contributed by atoms with Gasteiger partial charge in [0.1, 0.15) is 5.82 Å². The van der Waals surface area contributed by atoms with Crippen LogP contribution < -0.4 is 15.0 Å². The first-order valence-electron chi connectivity index (χ1n) is 8.10. The van der Waals surface area contributed by atoms with Crippen LogP contribution in [-0.4, -0.2) is 16.3 Å². The van der Waals surface area contributed by atoms with Gasteiger partial charge in [0.2, 0.25) is 6.79 Å². The summed E-state index contributed by atoms with van der Waals surface area (Å²) in [7, 11) is 0. The van der Waals surface area contributed by atoms with Crippen molar-refractivity contribution >= 4 is 45.8 Å². The minimum absolute atomic E-state index is 0.0474. The summed E-state index contributed by atoms with van der Waals surface area (Å²) in [6.45, 7) is 0.769. The lowest BCUT2D eigenvalue weighted by Gasteiger charge is -2.06. The van der Waals surface area contributed by atoms with E-state index < -0.39 is 0 Å². The van der Waals surface area contributed by atoms with Crippen molar-refractivity contribution in [3.63, 3.8) is 0 Å². The number of nitrogens with zero attached hydrogens (tertiary/aromatic N) is 2. The average molecular weight is 387 g/mol. The molecule has 0 spiro atoms. The third-order valence-electron chi connectivity index (χ3n) is 4.60. The Morgan fingerprint density at radius 3 is 2.92 bits per heavy atom. The minimum Gasteiger partial charge on any atom is -0.454 e. The molecule has 0 bridgehead atoms. The molecule has 0 radical (unpaired) electrons. The number of hydrogen-bond donors (Lipinski definition) is 0. The van der Waals surface area contributed by atoms with Crippen molar-refractivity contribution < 1.29 is 9.47 Å². The lowest BCUT2D eigenvalue weighted by atomic mass is 10.1. The number of benzene rings is 2. The van der Waals surface area contributed by atoms with Crippen molar-refractivity contribution in [3.05, 3.63) is 62.1 Å². The van der Waals surface area contributed by atoms with Crippen molar-refractivity contribution in [1.82, 2.24) is 9.55 Å². The first-order chi connectivity index (χ1) is 12.6. The molecule has 5 rings (SSSR count). The van der Waals surface area contributed by atoms with Gasteiger partial charge in [-0.3, -0.25) is 9.36 Å². The van der Waals surface area contributed by atoms with Crippen LogP contribution in [0.25, 0.3) is 22.6 Å². The van der Waals surface area contributed by atoms with Crippen molar-refractivity contribution in [3.8, 4) is 11.5 Å². The second-order valence-corrected chi connectivity index (χ2v) is 7.05. The Hall–Kier alpha value is -2.50. The Bertz CT molecular complexity index is 1170. The monoisotopic (exact) mass is 386 g/mol. The quantitative estimate of drug-likeness (QED) is 0.622. The Morgan fingerprint density at radius 1 is 1.15 bits per heavy atom. The predicted octanol–water partition coefficient (Wildman–Crippen LogP) is 4.38. The van der Waals surface area contributed by atoms with Crippen molar-refractivity contribution in [1.29, 1.82) is 0 Å². The fourth-order valence-electron chi connectivity index (χ4n) is 3.40. The van der Waals surface area contributed by atoms with E-state index in [1.54, 1.807) is 22.8 Å². The molecule has 130 valence electrons. The standard InChI is InChI=1S/C19H12Cl2N2O3/c20-12-1-2-13-15(8-12)22-18-11(3-4-23(18)19(13)24)5-10-6-14(21)17-16(7-10)25-9-26-17/h1-2,5-8H,3-4,9H2/b11-5+. The van der Waals surface area contributed by atoms with E-state index >= 15 is 0 Å². The van der Waals surface area contributed by atoms with Gasteiger partial charge in [-0.15, -0.1) is 0 Å². The molecule has 0 unspecified atom stereocenters. The summed E-state index contributed by atoms with van der Waals surface area (Å²) >= 11 is 12.3. The number of rotatable bonds is 1. The number of allylic oxidation sites excluding steroid dienone is 1. The van der Waals surface area contributed by atoms with Crippen molar-refractivity contribution in [2.45, 2.75) is 13.0 Å². The molecular formula is C19H12Cl2N2O3. The van der Waals surface area contributed by atoms with E-state index in [4.69, 9.17) is 32.7 Å². The van der Waals surface area contributed by atoms with Crippen LogP contribution in [-0.2, 0) is 6.54 Å². The number of ether oxygens (including phenoxy) is 2. The minimum atomic E-state index is -0.0474. The van der Waals surface area contributed by atoms with E-state index in [1.165, 1.54) is 0 Å². The maximum atomic E-state index is 12.7. The van der Waals surface area contributed by atoms with Crippen LogP contribution in [0.3, 0.4) is 0 Å². The highest BCUT2D eigenvalue weighted by atomic mass is 35.5. The predicted molar refractivity (Wildman–Crippen MR) is 101 cm³/mol. The fourth-order valence-corrected chi connectivity index (χ4v) is 3.84. The number of fused-ring (bicyclic) bond motifs is 3. The molecule has 2 aromatic carbocycles. The lowest BCUT2D eigenvalue weighted by Crippen LogP contribution is -2.20. The topological polar surface area (TPSA) is 53.4 Å². The Labute approximate surface area is 158 Å². The van der Waals surface area contributed by atoms with Crippen LogP contribution in [0.2, 0.25) is 10.0 Å². The van der Waals surface area contributed by atoms with Gasteiger partial charge in [-0.05, 0) is 54.0 Å². The van der Waals surface area contributed by atoms with Gasteiger partial charge in [-0.1, -0.05) is 23.2 Å². The third-order valence-corrected chi connectivity index (χ3v) is 5.12. The van der Waals surface area contributed by atoms with Crippen LogP contribution in [0.15, 0.2) is 35.1 Å². The van der Waals surface area contributed by atoms with Gasteiger partial charge in [-0.2, -0.15) is 0 Å². The second kappa shape index (κ2) is 5.76. The summed E-state index contributed by atoms with van der Waals surface area (Å²) in [5.74, 6) is 1.85. The summed E-state index contributed by atoms with van der Waals surface area (Å²) < 4.78 is 12.5. The second-order valence-electron chi connectivity index (χ2n) is 6.21. The maximum Gasteiger partial charge on any atom is 0.261 e. The molecule has 3 heterocycles. The number of halogens is 2. The highest BCUT2D eigenvalue weighted by Crippen LogP contribution is 2.41. The smallest absolute Gasteiger partial charge is 0.261 e. The van der Waals surface area contributed by atoms with Crippen molar-refractivity contribution in [2.75, 3.05) is 6.79 Å². The van der Waals surface area contributed by atoms with Crippen LogP contribution >= 0.6 is 23.2 Å². The fraction of sp³-hybridized carbons (Fsp3) is 0.158. The summed E-state index contributed by atoms with van der Waals surface area (Å²) in [6, 6.07) is 8.84. The summed E-state index contributed by atoms with van der Waals surface area (Å²) in [4.78, 5) is 17.4. The first kappa shape index (κ1) is 15.7. The van der Waals surface area contributed by atoms with E-state index in [0.717, 1.165) is 17.6 Å². The Morgan fingerprint density at radius 2 is 2.04 bits per heavy atom. The SMILES string of the molecule is O=c1c2ccc(Cl)cc2nc2n1CC/C2=C\c1cc(Cl)c2c(c1)OCO2. The van der Waals surface area contributed by atoms with Gasteiger partial charge >= 0.3 is 0 Å². The lowest BCUT2D eigenvalue weighted by molar-refractivity contribution is 0.174. The molecule has 1 aromatic heterocycles. The van der Waals surface area contributed by atoms with Gasteiger partial charge in [-0.25, -0.2) is 4.98 Å². The van der Waals surface area contributed by atoms with E-state index in [9.17, 15) is 4.79 Å². The molecule has 0 atom stereocenters. The molecule has 26 heavy (non-hydrogen) atoms. The van der Waals surface area contributed by atoms with E-state index in [2.05, 4.69) is 4.98 Å². The number of aromatic nitrogens is 2. The summed E-state index contributed by atoms with van der Waals surface area (Å²) in [6.07, 6.45) is 2.70. The van der Waals surface area contributed by atoms with Gasteiger partial charge < -0.3 is 9.47 Å². The molecule has 2 aliphatic heterocycles. The van der Waals surface area contributed by atoms with E-state index in [-0.39, 0.29) is 12.4 Å². The zero-order chi connectivity index (χ0) is 17.8. The van der Waals surface area contributed by atoms with Crippen molar-refractivity contribution in [2.24, 2.45) is 0 Å². The Kier molecular flexibility index (Phi) is 3.48. The molecular weight excluding hydrogens is 375 g/mol. The molecule has 5 nitrogen and oxygen atoms in total. The highest BCUT2D eigenvalue weighted by molar-refractivity contribution is 6.32. The zero-order valence-electron chi connectivity index (χ0n) is 13.5. The third kappa shape index (κ3) is 2.39. The Balaban J connectivity index is 1.66. The molecule has 0 aliphatic carbocycles. The van der Waals surface area contributed by atoms with E-state index in [1.807, 2.05) is 18.2 Å². The van der Waals surface area contributed by atoms with Crippen LogP contribution in [0.1, 0.15) is 17.8 Å². The summed E-state index contributed by atoms with van der Waals surface area (Å²) in [5.41, 5.74) is 2.40. The largest absolute Gasteiger partial charge is 0.454 e. The van der Waals surface area contributed by atoms with Crippen LogP contribution in [0.5, 0.6) is 11.5 Å². The van der Waals surface area contributed by atoms with Gasteiger partial charge in [0.05, 0.1) is 15.9 Å². The van der Waals surface area contributed by atoms with Crippen LogP contribution in [0.4, 0.5) is 0 Å². The van der Waals surface area contributed by atoms with E-state index in [0.29, 0.717) is 44.8 Å². The summed E-state index contributed by atoms with van der Waals surface area (Å²) in [5, 5.41) is 1.63. The van der Waals surface area contributed by atoms with Gasteiger partial charge in [0.25, 0.3) is 5.56 Å². The number of hydrogen-bond acceptors (Lipinski definition) is 4. The molecule has 0 amide bonds. The normalized spacial score (nSPS) is 16.5. The molecule has 3 aromatic rings.